The Bertz CT molecular complexity index is 833. The molecule has 1 aliphatic heterocycles. The number of likely N-dealkylation sites (tertiary alicyclic amines) is 1. The Labute approximate surface area is 157 Å². The highest BCUT2D eigenvalue weighted by molar-refractivity contribution is 7.09. The number of aromatic nitrogens is 1. The van der Waals surface area contributed by atoms with Gasteiger partial charge in [0.05, 0.1) is 12.6 Å². The molecule has 1 aliphatic rings. The smallest absolute Gasteiger partial charge is 0.237 e. The lowest BCUT2D eigenvalue weighted by molar-refractivity contribution is -0.126. The van der Waals surface area contributed by atoms with Gasteiger partial charge in [-0.2, -0.15) is 0 Å². The van der Waals surface area contributed by atoms with Gasteiger partial charge in [0.15, 0.2) is 11.5 Å². The molecule has 0 saturated carbocycles. The minimum absolute atomic E-state index is 0.0960. The van der Waals surface area contributed by atoms with E-state index in [0.29, 0.717) is 12.5 Å². The molecule has 6 heteroatoms. The highest BCUT2D eigenvalue weighted by atomic mass is 32.1. The number of nitrogens with zero attached hydrogens (tertiary/aromatic N) is 2. The minimum Gasteiger partial charge on any atom is -0.440 e. The molecule has 1 amide bonds. The van der Waals surface area contributed by atoms with E-state index in [0.717, 1.165) is 42.9 Å². The highest BCUT2D eigenvalue weighted by Gasteiger charge is 2.29. The van der Waals surface area contributed by atoms with E-state index < -0.39 is 0 Å². The standard InChI is InChI=1S/C20H23N3O2S/c1-14(19(24)21-13-16-5-4-12-26-16)23-10-8-15(9-11-23)20-22-17-6-2-3-7-18(17)25-20/h2-7,12,14-15H,8-11,13H2,1H3,(H,21,24). The van der Waals surface area contributed by atoms with E-state index >= 15 is 0 Å². The maximum atomic E-state index is 12.4. The van der Waals surface area contributed by atoms with E-state index in [4.69, 9.17) is 4.42 Å². The molecule has 1 N–H and O–H groups in total. The van der Waals surface area contributed by atoms with E-state index in [9.17, 15) is 4.79 Å². The van der Waals surface area contributed by atoms with Crippen molar-refractivity contribution in [3.8, 4) is 0 Å². The molecule has 2 aromatic heterocycles. The zero-order chi connectivity index (χ0) is 17.9. The lowest BCUT2D eigenvalue weighted by Crippen LogP contribution is -2.47. The fourth-order valence-electron chi connectivity index (χ4n) is 3.50. The lowest BCUT2D eigenvalue weighted by atomic mass is 9.95. The summed E-state index contributed by atoms with van der Waals surface area (Å²) in [6.07, 6.45) is 1.94. The van der Waals surface area contributed by atoms with Crippen molar-refractivity contribution in [1.82, 2.24) is 15.2 Å². The molecule has 0 bridgehead atoms. The van der Waals surface area contributed by atoms with Gasteiger partial charge in [-0.25, -0.2) is 4.98 Å². The molecular formula is C20H23N3O2S. The van der Waals surface area contributed by atoms with Crippen molar-refractivity contribution in [3.05, 3.63) is 52.5 Å². The van der Waals surface area contributed by atoms with Crippen LogP contribution in [0.1, 0.15) is 36.5 Å². The number of amides is 1. The van der Waals surface area contributed by atoms with Crippen molar-refractivity contribution < 1.29 is 9.21 Å². The summed E-state index contributed by atoms with van der Waals surface area (Å²) in [6, 6.07) is 11.8. The largest absolute Gasteiger partial charge is 0.440 e. The Morgan fingerprint density at radius 2 is 2.12 bits per heavy atom. The Hall–Kier alpha value is -2.18. The second kappa shape index (κ2) is 7.60. The number of para-hydroxylation sites is 2. The number of hydrogen-bond acceptors (Lipinski definition) is 5. The molecule has 4 rings (SSSR count). The fourth-order valence-corrected chi connectivity index (χ4v) is 4.14. The van der Waals surface area contributed by atoms with Gasteiger partial charge in [-0.05, 0) is 56.4 Å². The Kier molecular flexibility index (Phi) is 5.04. The van der Waals surface area contributed by atoms with Crippen LogP contribution in [0.3, 0.4) is 0 Å². The number of rotatable bonds is 5. The number of oxazole rings is 1. The van der Waals surface area contributed by atoms with Crippen LogP contribution in [0.2, 0.25) is 0 Å². The van der Waals surface area contributed by atoms with Crippen LogP contribution in [0.15, 0.2) is 46.2 Å². The fraction of sp³-hybridized carbons (Fsp3) is 0.400. The Morgan fingerprint density at radius 1 is 1.31 bits per heavy atom. The van der Waals surface area contributed by atoms with Crippen molar-refractivity contribution in [1.29, 1.82) is 0 Å². The average molecular weight is 369 g/mol. The highest BCUT2D eigenvalue weighted by Crippen LogP contribution is 2.30. The number of benzene rings is 1. The van der Waals surface area contributed by atoms with Crippen LogP contribution in [-0.4, -0.2) is 34.9 Å². The number of nitrogens with one attached hydrogen (secondary N) is 1. The van der Waals surface area contributed by atoms with Crippen molar-refractivity contribution >= 4 is 28.3 Å². The van der Waals surface area contributed by atoms with Crippen LogP contribution in [0, 0.1) is 0 Å². The molecule has 0 spiro atoms. The average Bonchev–Trinajstić information content (AvgIpc) is 3.35. The molecule has 3 heterocycles. The van der Waals surface area contributed by atoms with E-state index in [1.54, 1.807) is 11.3 Å². The second-order valence-corrected chi connectivity index (χ2v) is 7.84. The van der Waals surface area contributed by atoms with Crippen molar-refractivity contribution in [3.63, 3.8) is 0 Å². The summed E-state index contributed by atoms with van der Waals surface area (Å²) in [6.45, 7) is 4.37. The summed E-state index contributed by atoms with van der Waals surface area (Å²) in [5, 5.41) is 5.07. The molecule has 136 valence electrons. The van der Waals surface area contributed by atoms with Crippen LogP contribution >= 0.6 is 11.3 Å². The van der Waals surface area contributed by atoms with Gasteiger partial charge >= 0.3 is 0 Å². The molecule has 1 aromatic carbocycles. The maximum absolute atomic E-state index is 12.4. The molecule has 5 nitrogen and oxygen atoms in total. The zero-order valence-corrected chi connectivity index (χ0v) is 15.7. The molecular weight excluding hydrogens is 346 g/mol. The van der Waals surface area contributed by atoms with Gasteiger partial charge < -0.3 is 9.73 Å². The maximum Gasteiger partial charge on any atom is 0.237 e. The summed E-state index contributed by atoms with van der Waals surface area (Å²) in [5.41, 5.74) is 1.78. The van der Waals surface area contributed by atoms with E-state index in [1.807, 2.05) is 48.7 Å². The summed E-state index contributed by atoms with van der Waals surface area (Å²) in [5.74, 6) is 1.26. The molecule has 3 aromatic rings. The molecule has 1 saturated heterocycles. The number of carbonyl (C=O) groups excluding carboxylic acids is 1. The minimum atomic E-state index is -0.112. The third kappa shape index (κ3) is 3.66. The summed E-state index contributed by atoms with van der Waals surface area (Å²) < 4.78 is 5.92. The first-order chi connectivity index (χ1) is 12.7. The Balaban J connectivity index is 1.31. The first-order valence-electron chi connectivity index (χ1n) is 9.10. The molecule has 26 heavy (non-hydrogen) atoms. The van der Waals surface area contributed by atoms with Crippen LogP contribution in [0.5, 0.6) is 0 Å². The van der Waals surface area contributed by atoms with Gasteiger partial charge in [-0.1, -0.05) is 18.2 Å². The third-order valence-electron chi connectivity index (χ3n) is 5.13. The van der Waals surface area contributed by atoms with Crippen LogP contribution in [0.25, 0.3) is 11.1 Å². The van der Waals surface area contributed by atoms with Gasteiger partial charge in [0, 0.05) is 10.8 Å². The number of thiophene rings is 1. The van der Waals surface area contributed by atoms with Gasteiger partial charge in [-0.3, -0.25) is 9.69 Å². The van der Waals surface area contributed by atoms with E-state index in [1.165, 1.54) is 4.88 Å². The Morgan fingerprint density at radius 3 is 2.85 bits per heavy atom. The van der Waals surface area contributed by atoms with Gasteiger partial charge in [-0.15, -0.1) is 11.3 Å². The first kappa shape index (κ1) is 17.2. The van der Waals surface area contributed by atoms with Crippen LogP contribution in [-0.2, 0) is 11.3 Å². The predicted octanol–water partition coefficient (Wildman–Crippen LogP) is 3.77. The van der Waals surface area contributed by atoms with E-state index in [-0.39, 0.29) is 11.9 Å². The predicted molar refractivity (Wildman–Crippen MR) is 103 cm³/mol. The normalized spacial score (nSPS) is 17.4. The first-order valence-corrected chi connectivity index (χ1v) is 9.98. The SMILES string of the molecule is CC(C(=O)NCc1cccs1)N1CCC(c2nc3ccccc3o2)CC1. The van der Waals surface area contributed by atoms with E-state index in [2.05, 4.69) is 15.2 Å². The quantitative estimate of drug-likeness (QED) is 0.744. The monoisotopic (exact) mass is 369 g/mol. The number of carbonyl (C=O) groups is 1. The topological polar surface area (TPSA) is 58.4 Å². The van der Waals surface area contributed by atoms with Crippen molar-refractivity contribution in [2.24, 2.45) is 0 Å². The van der Waals surface area contributed by atoms with Crippen LogP contribution in [0.4, 0.5) is 0 Å². The van der Waals surface area contributed by atoms with Crippen LogP contribution < -0.4 is 5.32 Å². The molecule has 1 fully saturated rings. The van der Waals surface area contributed by atoms with Crippen molar-refractivity contribution in [2.75, 3.05) is 13.1 Å². The van der Waals surface area contributed by atoms with Gasteiger partial charge in [0.1, 0.15) is 5.52 Å². The molecule has 0 aliphatic carbocycles. The molecule has 0 radical (unpaired) electrons. The number of fused-ring (bicyclic) bond motifs is 1. The lowest BCUT2D eigenvalue weighted by Gasteiger charge is -2.34. The summed E-state index contributed by atoms with van der Waals surface area (Å²) in [7, 11) is 0. The molecule has 1 unspecified atom stereocenters. The zero-order valence-electron chi connectivity index (χ0n) is 14.9. The third-order valence-corrected chi connectivity index (χ3v) is 6.01. The number of hydrogen-bond donors (Lipinski definition) is 1. The van der Waals surface area contributed by atoms with Gasteiger partial charge in [0.25, 0.3) is 0 Å². The summed E-state index contributed by atoms with van der Waals surface area (Å²) >= 11 is 1.67. The number of piperidine rings is 1. The second-order valence-electron chi connectivity index (χ2n) is 6.80. The van der Waals surface area contributed by atoms with Crippen molar-refractivity contribution in [2.45, 2.75) is 38.3 Å². The molecule has 1 atom stereocenters. The summed E-state index contributed by atoms with van der Waals surface area (Å²) in [4.78, 5) is 20.5. The van der Waals surface area contributed by atoms with Gasteiger partial charge in [0.2, 0.25) is 5.91 Å².